The summed E-state index contributed by atoms with van der Waals surface area (Å²) in [6.07, 6.45) is 0. The van der Waals surface area contributed by atoms with E-state index in [4.69, 9.17) is 0 Å². The molecule has 1 amide bonds. The molecule has 1 aromatic heterocycles. The minimum Gasteiger partial charge on any atom is -0.344 e. The second-order valence-electron chi connectivity index (χ2n) is 6.38. The lowest BCUT2D eigenvalue weighted by Crippen LogP contribution is -2.45. The van der Waals surface area contributed by atoms with Crippen LogP contribution in [0.3, 0.4) is 0 Å². The predicted octanol–water partition coefficient (Wildman–Crippen LogP) is 2.82. The number of thiazole rings is 1. The van der Waals surface area contributed by atoms with E-state index in [1.807, 2.05) is 26.2 Å². The number of aryl methyl sites for hydroxylation is 1. The van der Waals surface area contributed by atoms with Crippen molar-refractivity contribution in [2.45, 2.75) is 39.4 Å². The van der Waals surface area contributed by atoms with Crippen LogP contribution in [-0.2, 0) is 23.4 Å². The summed E-state index contributed by atoms with van der Waals surface area (Å²) in [6, 6.07) is 8.37. The van der Waals surface area contributed by atoms with Gasteiger partial charge in [0.15, 0.2) is 0 Å². The fourth-order valence-corrected chi connectivity index (χ4v) is 3.68. The molecular formula is C17H21N3OS. The average molecular weight is 315 g/mol. The van der Waals surface area contributed by atoms with Gasteiger partial charge in [-0.3, -0.25) is 9.69 Å². The van der Waals surface area contributed by atoms with Crippen molar-refractivity contribution in [3.63, 3.8) is 0 Å². The molecule has 0 spiro atoms. The van der Waals surface area contributed by atoms with Gasteiger partial charge in [-0.05, 0) is 31.9 Å². The van der Waals surface area contributed by atoms with Crippen molar-refractivity contribution >= 4 is 17.2 Å². The third-order valence-corrected chi connectivity index (χ3v) is 5.16. The molecule has 0 saturated heterocycles. The van der Waals surface area contributed by atoms with Crippen LogP contribution in [0.15, 0.2) is 29.6 Å². The van der Waals surface area contributed by atoms with Crippen molar-refractivity contribution in [1.82, 2.24) is 15.2 Å². The van der Waals surface area contributed by atoms with Crippen LogP contribution in [0.4, 0.5) is 0 Å². The van der Waals surface area contributed by atoms with Crippen molar-refractivity contribution < 1.29 is 4.79 Å². The normalized spacial score (nSPS) is 14.9. The number of carbonyl (C=O) groups is 1. The fourth-order valence-electron chi connectivity index (χ4n) is 2.80. The summed E-state index contributed by atoms with van der Waals surface area (Å²) in [4.78, 5) is 19.0. The summed E-state index contributed by atoms with van der Waals surface area (Å²) in [7, 11) is 0. The van der Waals surface area contributed by atoms with Crippen molar-refractivity contribution in [3.8, 4) is 0 Å². The molecule has 2 aromatic rings. The van der Waals surface area contributed by atoms with Gasteiger partial charge in [-0.2, -0.15) is 0 Å². The molecule has 0 bridgehead atoms. The zero-order chi connectivity index (χ0) is 15.7. The second kappa shape index (κ2) is 5.82. The Hall–Kier alpha value is -1.72. The first-order valence-electron chi connectivity index (χ1n) is 7.47. The number of hydrogen-bond acceptors (Lipinski definition) is 4. The van der Waals surface area contributed by atoms with E-state index in [0.29, 0.717) is 6.54 Å². The van der Waals surface area contributed by atoms with Crippen molar-refractivity contribution in [2.24, 2.45) is 0 Å². The van der Waals surface area contributed by atoms with Crippen molar-refractivity contribution in [1.29, 1.82) is 0 Å². The Morgan fingerprint density at radius 1 is 1.32 bits per heavy atom. The van der Waals surface area contributed by atoms with Crippen molar-refractivity contribution in [3.05, 3.63) is 51.5 Å². The number of benzene rings is 1. The molecule has 0 fully saturated rings. The zero-order valence-corrected chi connectivity index (χ0v) is 14.0. The number of nitrogens with one attached hydrogen (secondary N) is 1. The molecule has 5 heteroatoms. The fraction of sp³-hybridized carbons (Fsp3) is 0.412. The number of rotatable bonds is 4. The van der Waals surface area contributed by atoms with E-state index >= 15 is 0 Å². The molecule has 1 aromatic carbocycles. The Labute approximate surface area is 135 Å². The van der Waals surface area contributed by atoms with E-state index in [1.165, 1.54) is 11.1 Å². The molecule has 116 valence electrons. The van der Waals surface area contributed by atoms with E-state index in [0.717, 1.165) is 23.8 Å². The standard InChI is InChI=1S/C17H21N3OS/c1-12-11-22-16(18-12)17(2,3)19-15(21)10-20-8-13-6-4-5-7-14(13)9-20/h4-7,11H,8-10H2,1-3H3,(H,19,21). The first-order chi connectivity index (χ1) is 10.4. The molecule has 0 atom stereocenters. The summed E-state index contributed by atoms with van der Waals surface area (Å²) >= 11 is 1.59. The van der Waals surface area contributed by atoms with E-state index in [-0.39, 0.29) is 5.91 Å². The molecule has 0 radical (unpaired) electrons. The molecule has 2 heterocycles. The van der Waals surface area contributed by atoms with E-state index in [1.54, 1.807) is 11.3 Å². The Kier molecular flexibility index (Phi) is 4.02. The maximum absolute atomic E-state index is 12.4. The molecule has 3 rings (SSSR count). The van der Waals surface area contributed by atoms with Crippen LogP contribution in [0.1, 0.15) is 35.7 Å². The molecule has 0 aliphatic carbocycles. The molecule has 0 saturated carbocycles. The van der Waals surface area contributed by atoms with Gasteiger partial charge < -0.3 is 5.32 Å². The topological polar surface area (TPSA) is 45.2 Å². The van der Waals surface area contributed by atoms with Gasteiger partial charge >= 0.3 is 0 Å². The van der Waals surface area contributed by atoms with Crippen LogP contribution in [0.2, 0.25) is 0 Å². The third-order valence-electron chi connectivity index (χ3n) is 3.88. The lowest BCUT2D eigenvalue weighted by Gasteiger charge is -2.25. The number of hydrogen-bond donors (Lipinski definition) is 1. The van der Waals surface area contributed by atoms with Crippen LogP contribution >= 0.6 is 11.3 Å². The SMILES string of the molecule is Cc1csc(C(C)(C)NC(=O)CN2Cc3ccccc3C2)n1. The minimum atomic E-state index is -0.428. The highest BCUT2D eigenvalue weighted by atomic mass is 32.1. The van der Waals surface area contributed by atoms with Crippen LogP contribution in [0, 0.1) is 6.92 Å². The van der Waals surface area contributed by atoms with Gasteiger partial charge in [0.2, 0.25) is 5.91 Å². The predicted molar refractivity (Wildman–Crippen MR) is 88.6 cm³/mol. The van der Waals surface area contributed by atoms with Gasteiger partial charge in [-0.1, -0.05) is 24.3 Å². The van der Waals surface area contributed by atoms with E-state index < -0.39 is 5.54 Å². The van der Waals surface area contributed by atoms with E-state index in [9.17, 15) is 4.79 Å². The third kappa shape index (κ3) is 3.20. The monoisotopic (exact) mass is 315 g/mol. The van der Waals surface area contributed by atoms with Crippen LogP contribution in [-0.4, -0.2) is 22.3 Å². The largest absolute Gasteiger partial charge is 0.344 e. The Bertz CT molecular complexity index is 668. The Balaban J connectivity index is 1.59. The molecule has 22 heavy (non-hydrogen) atoms. The highest BCUT2D eigenvalue weighted by Crippen LogP contribution is 2.25. The molecule has 1 N–H and O–H groups in total. The number of carbonyl (C=O) groups excluding carboxylic acids is 1. The number of amides is 1. The summed E-state index contributed by atoms with van der Waals surface area (Å²) in [5, 5.41) is 6.07. The molecule has 0 unspecified atom stereocenters. The van der Waals surface area contributed by atoms with Crippen LogP contribution in [0.25, 0.3) is 0 Å². The van der Waals surface area contributed by atoms with Gasteiger partial charge in [-0.15, -0.1) is 11.3 Å². The number of fused-ring (bicyclic) bond motifs is 1. The first-order valence-corrected chi connectivity index (χ1v) is 8.35. The Morgan fingerprint density at radius 2 is 1.95 bits per heavy atom. The molecule has 1 aliphatic heterocycles. The van der Waals surface area contributed by atoms with Gasteiger partial charge in [0.25, 0.3) is 0 Å². The lowest BCUT2D eigenvalue weighted by atomic mass is 10.1. The highest BCUT2D eigenvalue weighted by Gasteiger charge is 2.28. The summed E-state index contributed by atoms with van der Waals surface area (Å²) < 4.78 is 0. The smallest absolute Gasteiger partial charge is 0.234 e. The summed E-state index contributed by atoms with van der Waals surface area (Å²) in [5.41, 5.74) is 3.22. The maximum atomic E-state index is 12.4. The van der Waals surface area contributed by atoms with Gasteiger partial charge in [0.05, 0.1) is 12.1 Å². The minimum absolute atomic E-state index is 0.0469. The highest BCUT2D eigenvalue weighted by molar-refractivity contribution is 7.09. The first kappa shape index (κ1) is 15.2. The van der Waals surface area contributed by atoms with Gasteiger partial charge in [0.1, 0.15) is 5.01 Å². The van der Waals surface area contributed by atoms with Crippen LogP contribution in [0.5, 0.6) is 0 Å². The lowest BCUT2D eigenvalue weighted by molar-refractivity contribution is -0.124. The van der Waals surface area contributed by atoms with Gasteiger partial charge in [0, 0.05) is 24.2 Å². The summed E-state index contributed by atoms with van der Waals surface area (Å²) in [5.74, 6) is 0.0469. The van der Waals surface area contributed by atoms with Gasteiger partial charge in [-0.25, -0.2) is 4.98 Å². The quantitative estimate of drug-likeness (QED) is 0.943. The zero-order valence-electron chi connectivity index (χ0n) is 13.2. The maximum Gasteiger partial charge on any atom is 0.234 e. The number of nitrogens with zero attached hydrogens (tertiary/aromatic N) is 2. The molecule has 1 aliphatic rings. The molecular weight excluding hydrogens is 294 g/mol. The number of aromatic nitrogens is 1. The Morgan fingerprint density at radius 3 is 2.50 bits per heavy atom. The summed E-state index contributed by atoms with van der Waals surface area (Å²) in [6.45, 7) is 8.09. The van der Waals surface area contributed by atoms with Crippen LogP contribution < -0.4 is 5.32 Å². The molecule has 4 nitrogen and oxygen atoms in total. The average Bonchev–Trinajstić information content (AvgIpc) is 3.03. The van der Waals surface area contributed by atoms with E-state index in [2.05, 4.69) is 39.5 Å². The van der Waals surface area contributed by atoms with Crippen molar-refractivity contribution in [2.75, 3.05) is 6.54 Å². The second-order valence-corrected chi connectivity index (χ2v) is 7.24.